The normalized spacial score (nSPS) is 9.58. The number of benzene rings is 2. The van der Waals surface area contributed by atoms with E-state index in [2.05, 4.69) is 12.6 Å². The Kier molecular flexibility index (Phi) is 6.85. The van der Waals surface area contributed by atoms with Crippen molar-refractivity contribution in [1.82, 2.24) is 0 Å². The standard InChI is InChI=1S/C8H10O2.C7H8OS/c9-5-4-7-2-1-3-8(10)6-7;8-7-3-1-2-6(4-7)5-9/h1-3,6,9-10H,4-5H2;1-4,8-9H,5H2. The summed E-state index contributed by atoms with van der Waals surface area (Å²) in [5, 5.41) is 26.4. The summed E-state index contributed by atoms with van der Waals surface area (Å²) in [7, 11) is 0. The number of phenols is 2. The lowest BCUT2D eigenvalue weighted by Gasteiger charge is -1.96. The van der Waals surface area contributed by atoms with Gasteiger partial charge in [-0.3, -0.25) is 0 Å². The van der Waals surface area contributed by atoms with Gasteiger partial charge in [-0.2, -0.15) is 12.6 Å². The van der Waals surface area contributed by atoms with Gasteiger partial charge in [-0.25, -0.2) is 0 Å². The predicted octanol–water partition coefficient (Wildman–Crippen LogP) is 2.75. The summed E-state index contributed by atoms with van der Waals surface area (Å²) >= 11 is 4.05. The summed E-state index contributed by atoms with van der Waals surface area (Å²) in [6, 6.07) is 14.0. The maximum absolute atomic E-state index is 8.96. The van der Waals surface area contributed by atoms with Crippen molar-refractivity contribution in [3.63, 3.8) is 0 Å². The number of thiol groups is 1. The van der Waals surface area contributed by atoms with Gasteiger partial charge >= 0.3 is 0 Å². The SMILES string of the molecule is OCCc1cccc(O)c1.Oc1cccc(CS)c1. The molecule has 3 nitrogen and oxygen atoms in total. The molecular weight excluding hydrogens is 260 g/mol. The molecule has 0 bridgehead atoms. The highest BCUT2D eigenvalue weighted by molar-refractivity contribution is 7.79. The second kappa shape index (κ2) is 8.45. The number of aliphatic hydroxyl groups is 1. The molecule has 0 aliphatic rings. The first-order valence-corrected chi connectivity index (χ1v) is 6.56. The molecule has 0 fully saturated rings. The van der Waals surface area contributed by atoms with Crippen molar-refractivity contribution in [2.24, 2.45) is 0 Å². The zero-order chi connectivity index (χ0) is 14.1. The molecule has 3 N–H and O–H groups in total. The zero-order valence-corrected chi connectivity index (χ0v) is 11.4. The molecule has 2 aromatic carbocycles. The van der Waals surface area contributed by atoms with Gasteiger partial charge in [-0.15, -0.1) is 0 Å². The molecule has 0 spiro atoms. The van der Waals surface area contributed by atoms with Crippen molar-refractivity contribution in [3.8, 4) is 11.5 Å². The predicted molar refractivity (Wildman–Crippen MR) is 79.7 cm³/mol. The highest BCUT2D eigenvalue weighted by atomic mass is 32.1. The molecule has 2 rings (SSSR count). The fraction of sp³-hybridized carbons (Fsp3) is 0.200. The minimum atomic E-state index is 0.128. The number of aromatic hydroxyl groups is 2. The van der Waals surface area contributed by atoms with Crippen molar-refractivity contribution in [2.75, 3.05) is 6.61 Å². The molecule has 0 atom stereocenters. The summed E-state index contributed by atoms with van der Waals surface area (Å²) in [5.74, 6) is 1.24. The van der Waals surface area contributed by atoms with Crippen LogP contribution in [0.1, 0.15) is 11.1 Å². The number of phenolic OH excluding ortho intramolecular Hbond substituents is 2. The van der Waals surface area contributed by atoms with Crippen molar-refractivity contribution in [2.45, 2.75) is 12.2 Å². The smallest absolute Gasteiger partial charge is 0.115 e. The van der Waals surface area contributed by atoms with E-state index in [1.807, 2.05) is 12.1 Å². The van der Waals surface area contributed by atoms with E-state index in [1.165, 1.54) is 0 Å². The maximum Gasteiger partial charge on any atom is 0.115 e. The molecular formula is C15H18O3S. The molecule has 102 valence electrons. The number of rotatable bonds is 3. The molecule has 0 aromatic heterocycles. The molecule has 0 amide bonds. The van der Waals surface area contributed by atoms with Crippen LogP contribution in [0, 0.1) is 0 Å². The van der Waals surface area contributed by atoms with Crippen LogP contribution < -0.4 is 0 Å². The molecule has 0 unspecified atom stereocenters. The quantitative estimate of drug-likeness (QED) is 0.653. The van der Waals surface area contributed by atoms with E-state index in [-0.39, 0.29) is 12.4 Å². The number of hydrogen-bond acceptors (Lipinski definition) is 4. The van der Waals surface area contributed by atoms with E-state index in [9.17, 15) is 0 Å². The van der Waals surface area contributed by atoms with Gasteiger partial charge in [0.05, 0.1) is 0 Å². The highest BCUT2D eigenvalue weighted by Crippen LogP contribution is 2.12. The molecule has 4 heteroatoms. The zero-order valence-electron chi connectivity index (χ0n) is 10.5. The van der Waals surface area contributed by atoms with Crippen LogP contribution in [0.3, 0.4) is 0 Å². The lowest BCUT2D eigenvalue weighted by molar-refractivity contribution is 0.299. The van der Waals surface area contributed by atoms with Gasteiger partial charge in [-0.1, -0.05) is 24.3 Å². The van der Waals surface area contributed by atoms with Crippen molar-refractivity contribution in [3.05, 3.63) is 59.7 Å². The highest BCUT2D eigenvalue weighted by Gasteiger charge is 1.91. The second-order valence-electron chi connectivity index (χ2n) is 3.97. The van der Waals surface area contributed by atoms with Crippen LogP contribution in [-0.4, -0.2) is 21.9 Å². The molecule has 0 aliphatic heterocycles. The van der Waals surface area contributed by atoms with Crippen LogP contribution in [-0.2, 0) is 12.2 Å². The minimum absolute atomic E-state index is 0.128. The van der Waals surface area contributed by atoms with E-state index in [4.69, 9.17) is 15.3 Å². The Hall–Kier alpha value is -1.65. The Morgan fingerprint density at radius 3 is 1.79 bits per heavy atom. The summed E-state index contributed by atoms with van der Waals surface area (Å²) in [6.07, 6.45) is 0.606. The van der Waals surface area contributed by atoms with Gasteiger partial charge in [0.1, 0.15) is 11.5 Å². The Labute approximate surface area is 118 Å². The summed E-state index contributed by atoms with van der Waals surface area (Å²) in [6.45, 7) is 0.128. The van der Waals surface area contributed by atoms with Crippen molar-refractivity contribution < 1.29 is 15.3 Å². The Morgan fingerprint density at radius 1 is 0.842 bits per heavy atom. The maximum atomic E-state index is 8.96. The van der Waals surface area contributed by atoms with Crippen LogP contribution >= 0.6 is 12.6 Å². The third-order valence-electron chi connectivity index (χ3n) is 2.40. The molecule has 0 heterocycles. The van der Waals surface area contributed by atoms with E-state index < -0.39 is 0 Å². The molecule has 0 radical (unpaired) electrons. The van der Waals surface area contributed by atoms with Crippen LogP contribution in [0.4, 0.5) is 0 Å². The summed E-state index contributed by atoms with van der Waals surface area (Å²) in [4.78, 5) is 0. The van der Waals surface area contributed by atoms with E-state index in [1.54, 1.807) is 36.4 Å². The van der Waals surface area contributed by atoms with Crippen molar-refractivity contribution in [1.29, 1.82) is 0 Å². The largest absolute Gasteiger partial charge is 0.508 e. The van der Waals surface area contributed by atoms with Crippen LogP contribution in [0.25, 0.3) is 0 Å². The second-order valence-corrected chi connectivity index (χ2v) is 4.29. The van der Waals surface area contributed by atoms with Crippen molar-refractivity contribution >= 4 is 12.6 Å². The molecule has 0 aliphatic carbocycles. The van der Waals surface area contributed by atoms with Gasteiger partial charge in [0, 0.05) is 12.4 Å². The third kappa shape index (κ3) is 6.18. The molecule has 0 saturated heterocycles. The number of hydrogen-bond donors (Lipinski definition) is 4. The van der Waals surface area contributed by atoms with Gasteiger partial charge < -0.3 is 15.3 Å². The molecule has 19 heavy (non-hydrogen) atoms. The van der Waals surface area contributed by atoms with E-state index in [0.29, 0.717) is 17.9 Å². The topological polar surface area (TPSA) is 60.7 Å². The van der Waals surface area contributed by atoms with Gasteiger partial charge in [0.2, 0.25) is 0 Å². The lowest BCUT2D eigenvalue weighted by Crippen LogP contribution is -1.88. The average Bonchev–Trinajstić information content (AvgIpc) is 2.40. The Morgan fingerprint density at radius 2 is 1.37 bits per heavy atom. The van der Waals surface area contributed by atoms with E-state index >= 15 is 0 Å². The third-order valence-corrected chi connectivity index (χ3v) is 2.77. The monoisotopic (exact) mass is 278 g/mol. The lowest BCUT2D eigenvalue weighted by atomic mass is 10.1. The summed E-state index contributed by atoms with van der Waals surface area (Å²) < 4.78 is 0. The van der Waals surface area contributed by atoms with Crippen LogP contribution in [0.5, 0.6) is 11.5 Å². The molecule has 2 aromatic rings. The Balaban J connectivity index is 0.000000191. The van der Waals surface area contributed by atoms with Gasteiger partial charge in [0.15, 0.2) is 0 Å². The molecule has 0 saturated carbocycles. The minimum Gasteiger partial charge on any atom is -0.508 e. The first-order chi connectivity index (χ1) is 9.15. The van der Waals surface area contributed by atoms with Crippen LogP contribution in [0.15, 0.2) is 48.5 Å². The average molecular weight is 278 g/mol. The first-order valence-electron chi connectivity index (χ1n) is 5.93. The number of aliphatic hydroxyl groups excluding tert-OH is 1. The summed E-state index contributed by atoms with van der Waals surface area (Å²) in [5.41, 5.74) is 2.00. The van der Waals surface area contributed by atoms with Crippen LogP contribution in [0.2, 0.25) is 0 Å². The fourth-order valence-corrected chi connectivity index (χ4v) is 1.69. The van der Waals surface area contributed by atoms with Gasteiger partial charge in [0.25, 0.3) is 0 Å². The first kappa shape index (κ1) is 15.4. The van der Waals surface area contributed by atoms with Gasteiger partial charge in [-0.05, 0) is 41.8 Å². The Bertz CT molecular complexity index is 500. The van der Waals surface area contributed by atoms with E-state index in [0.717, 1.165) is 11.1 Å². The fourth-order valence-electron chi connectivity index (χ4n) is 1.50.